The summed E-state index contributed by atoms with van der Waals surface area (Å²) in [5.74, 6) is -4.74. The van der Waals surface area contributed by atoms with Gasteiger partial charge in [-0.15, -0.1) is 11.3 Å². The van der Waals surface area contributed by atoms with E-state index in [9.17, 15) is 31.1 Å². The lowest BCUT2D eigenvalue weighted by molar-refractivity contribution is -0.193. The molecule has 43 heavy (non-hydrogen) atoms. The third-order valence-electron chi connectivity index (χ3n) is 5.48. The topological polar surface area (TPSA) is 153 Å². The Morgan fingerprint density at radius 1 is 1.02 bits per heavy atom. The lowest BCUT2D eigenvalue weighted by Crippen LogP contribution is -2.49. The first-order chi connectivity index (χ1) is 20.0. The summed E-state index contributed by atoms with van der Waals surface area (Å²) in [6.07, 6.45) is -6.55. The van der Waals surface area contributed by atoms with Gasteiger partial charge in [0.25, 0.3) is 0 Å². The number of nitrogens with zero attached hydrogens (tertiary/aromatic N) is 4. The number of carbonyl (C=O) groups is 3. The number of fused-ring (bicyclic) bond motifs is 1. The smallest absolute Gasteiger partial charge is 0.475 e. The normalized spacial score (nSPS) is 14.1. The van der Waals surface area contributed by atoms with Crippen molar-refractivity contribution >= 4 is 51.7 Å². The van der Waals surface area contributed by atoms with Crippen molar-refractivity contribution in [2.45, 2.75) is 25.4 Å². The first-order valence-electron chi connectivity index (χ1n) is 11.8. The van der Waals surface area contributed by atoms with Gasteiger partial charge in [0.15, 0.2) is 5.76 Å². The fourth-order valence-electron chi connectivity index (χ4n) is 3.56. The van der Waals surface area contributed by atoms with E-state index < -0.39 is 24.3 Å². The van der Waals surface area contributed by atoms with Crippen LogP contribution in [0.15, 0.2) is 47.2 Å². The zero-order chi connectivity index (χ0) is 31.9. The average Bonchev–Trinajstić information content (AvgIpc) is 3.64. The second kappa shape index (κ2) is 13.9. The minimum atomic E-state index is -5.08. The Hall–Kier alpha value is -4.16. The molecule has 0 bridgehead atoms. The molecule has 0 unspecified atom stereocenters. The number of alkyl halides is 6. The zero-order valence-electron chi connectivity index (χ0n) is 21.4. The maximum atomic E-state index is 12.6. The summed E-state index contributed by atoms with van der Waals surface area (Å²) in [6, 6.07) is 9.66. The van der Waals surface area contributed by atoms with Gasteiger partial charge >= 0.3 is 24.3 Å². The number of halogens is 7. The van der Waals surface area contributed by atoms with Crippen molar-refractivity contribution in [3.63, 3.8) is 0 Å². The van der Waals surface area contributed by atoms with Gasteiger partial charge in [-0.1, -0.05) is 16.8 Å². The van der Waals surface area contributed by atoms with E-state index in [1.807, 2.05) is 35.4 Å². The average molecular weight is 656 g/mol. The third-order valence-corrected chi connectivity index (χ3v) is 6.73. The molecule has 5 rings (SSSR count). The van der Waals surface area contributed by atoms with Crippen LogP contribution in [0.5, 0.6) is 0 Å². The van der Waals surface area contributed by atoms with E-state index in [0.29, 0.717) is 36.3 Å². The number of amides is 1. The third kappa shape index (κ3) is 9.97. The summed E-state index contributed by atoms with van der Waals surface area (Å²) in [5.41, 5.74) is 2.90. The Kier molecular flexibility index (Phi) is 10.8. The van der Waals surface area contributed by atoms with Gasteiger partial charge < -0.3 is 24.6 Å². The molecule has 11 nitrogen and oxygen atoms in total. The molecule has 4 aromatic rings. The molecule has 232 valence electrons. The number of pyridine rings is 1. The van der Waals surface area contributed by atoms with Crippen LogP contribution in [0.25, 0.3) is 21.5 Å². The largest absolute Gasteiger partial charge is 0.490 e. The molecule has 1 amide bonds. The fraction of sp³-hybridized carbons (Fsp3) is 0.292. The van der Waals surface area contributed by atoms with Crippen LogP contribution in [-0.2, 0) is 27.5 Å². The van der Waals surface area contributed by atoms with Crippen molar-refractivity contribution in [1.29, 1.82) is 0 Å². The van der Waals surface area contributed by atoms with Crippen LogP contribution >= 0.6 is 22.9 Å². The van der Waals surface area contributed by atoms with Crippen molar-refractivity contribution < 1.29 is 55.5 Å². The second-order valence-electron chi connectivity index (χ2n) is 8.68. The highest BCUT2D eigenvalue weighted by molar-refractivity contribution is 7.19. The number of aromatic amines is 1. The number of aromatic nitrogens is 3. The van der Waals surface area contributed by atoms with Gasteiger partial charge in [-0.3, -0.25) is 14.7 Å². The summed E-state index contributed by atoms with van der Waals surface area (Å²) < 4.78 is 69.6. The number of hydrogen-bond acceptors (Lipinski definition) is 8. The number of carbonyl (C=O) groups excluding carboxylic acids is 1. The summed E-state index contributed by atoms with van der Waals surface area (Å²) >= 11 is 7.42. The van der Waals surface area contributed by atoms with E-state index in [-0.39, 0.29) is 5.91 Å². The number of H-pyrrole nitrogens is 1. The number of thiophene rings is 1. The van der Waals surface area contributed by atoms with Crippen molar-refractivity contribution in [1.82, 2.24) is 24.9 Å². The van der Waals surface area contributed by atoms with E-state index in [2.05, 4.69) is 26.1 Å². The van der Waals surface area contributed by atoms with Crippen LogP contribution in [0, 0.1) is 0 Å². The van der Waals surface area contributed by atoms with Crippen molar-refractivity contribution in [3.05, 3.63) is 58.4 Å². The minimum absolute atomic E-state index is 0.0951. The highest BCUT2D eigenvalue weighted by Crippen LogP contribution is 2.31. The molecule has 1 fully saturated rings. The maximum absolute atomic E-state index is 12.6. The predicted molar refractivity (Wildman–Crippen MR) is 139 cm³/mol. The van der Waals surface area contributed by atoms with E-state index >= 15 is 0 Å². The highest BCUT2D eigenvalue weighted by atomic mass is 35.5. The predicted octanol–water partition coefficient (Wildman–Crippen LogP) is 5.04. The van der Waals surface area contributed by atoms with Crippen LogP contribution in [0.1, 0.15) is 11.4 Å². The number of nitrogens with one attached hydrogen (secondary N) is 1. The van der Waals surface area contributed by atoms with Crippen molar-refractivity contribution in [2.24, 2.45) is 0 Å². The van der Waals surface area contributed by atoms with Gasteiger partial charge in [0.05, 0.1) is 22.3 Å². The number of carboxylic acids is 2. The van der Waals surface area contributed by atoms with Gasteiger partial charge in [0, 0.05) is 54.7 Å². The molecule has 1 saturated heterocycles. The van der Waals surface area contributed by atoms with E-state index in [1.54, 1.807) is 6.20 Å². The molecular weight excluding hydrogens is 636 g/mol. The van der Waals surface area contributed by atoms with Crippen LogP contribution in [0.4, 0.5) is 26.3 Å². The monoisotopic (exact) mass is 655 g/mol. The first-order valence-corrected chi connectivity index (χ1v) is 13.0. The van der Waals surface area contributed by atoms with Gasteiger partial charge in [-0.2, -0.15) is 26.3 Å². The molecule has 4 aromatic heterocycles. The molecule has 0 aromatic carbocycles. The standard InChI is InChI=1S/C20H18ClN5O2S.2C2HF3O2/c21-19-2-1-18(29-19)17-8-15(24-28-17)11-26-6-5-25(12-20(26)27)10-14-7-13-9-22-4-3-16(13)23-14;2*3-2(4,5)1(6)7/h1-4,7-9,23H,5-6,10-12H2;2*(H,6,7). The first kappa shape index (κ1) is 33.3. The Balaban J connectivity index is 0.000000303. The summed E-state index contributed by atoms with van der Waals surface area (Å²) in [6.45, 7) is 3.02. The van der Waals surface area contributed by atoms with Gasteiger partial charge in [0.1, 0.15) is 5.69 Å². The van der Waals surface area contributed by atoms with E-state index in [4.69, 9.17) is 35.9 Å². The lowest BCUT2D eigenvalue weighted by Gasteiger charge is -2.33. The molecule has 19 heteroatoms. The number of hydrogen-bond donors (Lipinski definition) is 3. The molecule has 0 aliphatic carbocycles. The molecule has 0 spiro atoms. The summed E-state index contributed by atoms with van der Waals surface area (Å²) in [5, 5.41) is 19.4. The molecule has 1 aliphatic heterocycles. The molecule has 0 atom stereocenters. The Morgan fingerprint density at radius 2 is 1.67 bits per heavy atom. The van der Waals surface area contributed by atoms with Gasteiger partial charge in [-0.05, 0) is 24.3 Å². The summed E-state index contributed by atoms with van der Waals surface area (Å²) in [4.78, 5) is 42.9. The second-order valence-corrected chi connectivity index (χ2v) is 10.4. The number of piperazine rings is 1. The maximum Gasteiger partial charge on any atom is 0.490 e. The van der Waals surface area contributed by atoms with Crippen LogP contribution < -0.4 is 0 Å². The number of aliphatic carboxylic acids is 2. The minimum Gasteiger partial charge on any atom is -0.475 e. The van der Waals surface area contributed by atoms with E-state index in [0.717, 1.165) is 33.7 Å². The molecular formula is C24H20ClF6N5O6S. The van der Waals surface area contributed by atoms with E-state index in [1.165, 1.54) is 11.3 Å². The molecule has 1 aliphatic rings. The Morgan fingerprint density at radius 3 is 2.21 bits per heavy atom. The quantitative estimate of drug-likeness (QED) is 0.251. The lowest BCUT2D eigenvalue weighted by atomic mass is 10.2. The number of rotatable bonds is 5. The highest BCUT2D eigenvalue weighted by Gasteiger charge is 2.38. The molecule has 0 radical (unpaired) electrons. The zero-order valence-corrected chi connectivity index (χ0v) is 23.0. The van der Waals surface area contributed by atoms with Crippen molar-refractivity contribution in [2.75, 3.05) is 19.6 Å². The van der Waals surface area contributed by atoms with Crippen molar-refractivity contribution in [3.8, 4) is 10.6 Å². The molecule has 5 heterocycles. The van der Waals surface area contributed by atoms with Crippen LogP contribution in [0.3, 0.4) is 0 Å². The fourth-order valence-corrected chi connectivity index (χ4v) is 4.55. The summed E-state index contributed by atoms with van der Waals surface area (Å²) in [7, 11) is 0. The van der Waals surface area contributed by atoms with Gasteiger partial charge in [0.2, 0.25) is 5.91 Å². The Bertz CT molecular complexity index is 1510. The number of carboxylic acid groups (broad SMARTS) is 2. The SMILES string of the molecule is O=C(O)C(F)(F)F.O=C(O)C(F)(F)F.O=C1CN(Cc2cc3cnccc3[nH]2)CCN1Cc1cc(-c2ccc(Cl)s2)on1. The van der Waals surface area contributed by atoms with Crippen LogP contribution in [-0.4, -0.2) is 85.0 Å². The molecule has 0 saturated carbocycles. The molecule has 3 N–H and O–H groups in total. The van der Waals surface area contributed by atoms with Gasteiger partial charge in [-0.25, -0.2) is 9.59 Å². The Labute approximate surface area is 246 Å². The van der Waals surface area contributed by atoms with Crippen LogP contribution in [0.2, 0.25) is 4.34 Å².